The fourth-order valence-corrected chi connectivity index (χ4v) is 12.3. The summed E-state index contributed by atoms with van der Waals surface area (Å²) in [5.41, 5.74) is 2.70. The van der Waals surface area contributed by atoms with E-state index in [1.54, 1.807) is 0 Å². The van der Waals surface area contributed by atoms with Crippen LogP contribution in [0, 0.1) is 45.3 Å². The molecule has 0 unspecified atom stereocenters. The maximum atomic E-state index is 6.28. The number of hydrogen-bond donors (Lipinski definition) is 0. The van der Waals surface area contributed by atoms with Gasteiger partial charge in [0, 0.05) is 13.2 Å². The van der Waals surface area contributed by atoms with Gasteiger partial charge in [-0.3, -0.25) is 0 Å². The van der Waals surface area contributed by atoms with Gasteiger partial charge >= 0.3 is 0 Å². The summed E-state index contributed by atoms with van der Waals surface area (Å²) in [6.07, 6.45) is 19.1. The number of rotatable bonds is 2. The highest BCUT2D eigenvalue weighted by Crippen LogP contribution is 2.66. The third-order valence-electron chi connectivity index (χ3n) is 13.9. The van der Waals surface area contributed by atoms with E-state index in [0.29, 0.717) is 21.7 Å². The molecule has 4 aliphatic carbocycles. The first-order valence-electron chi connectivity index (χ1n) is 16.2. The summed E-state index contributed by atoms with van der Waals surface area (Å²) in [6.45, 7) is 22.0. The molecule has 6 aliphatic rings. The van der Waals surface area contributed by atoms with Gasteiger partial charge in [0.25, 0.3) is 0 Å². The van der Waals surface area contributed by atoms with Crippen LogP contribution in [0.5, 0.6) is 0 Å². The van der Waals surface area contributed by atoms with Crippen LogP contribution < -0.4 is 0 Å². The highest BCUT2D eigenvalue weighted by molar-refractivity contribution is 5.12. The largest absolute Gasteiger partial charge is 0.375 e. The predicted molar refractivity (Wildman–Crippen MR) is 151 cm³/mol. The van der Waals surface area contributed by atoms with Gasteiger partial charge in [0.2, 0.25) is 0 Å². The van der Waals surface area contributed by atoms with Gasteiger partial charge in [-0.25, -0.2) is 0 Å². The predicted octanol–water partition coefficient (Wildman–Crippen LogP) is 9.60. The Morgan fingerprint density at radius 2 is 0.889 bits per heavy atom. The maximum Gasteiger partial charge on any atom is 0.0714 e. The van der Waals surface area contributed by atoms with E-state index in [1.165, 1.54) is 89.9 Å². The average molecular weight is 501 g/mol. The SMILES string of the molecule is CC[C@@]12CC[C@H]3C(C)(C)CCC[C@@]3(C)[C@@H]1CCO2.CC[C@@]12CC[C@H]3C(C)(C)CCC[C@]3(C)[C@@H]1CCO2. The van der Waals surface area contributed by atoms with Crippen LogP contribution in [0.3, 0.4) is 0 Å². The van der Waals surface area contributed by atoms with Crippen LogP contribution >= 0.6 is 0 Å². The van der Waals surface area contributed by atoms with Crippen molar-refractivity contribution in [1.82, 2.24) is 0 Å². The molecule has 2 heteroatoms. The highest BCUT2D eigenvalue weighted by atomic mass is 16.5. The summed E-state index contributed by atoms with van der Waals surface area (Å²) >= 11 is 0. The molecule has 0 radical (unpaired) electrons. The van der Waals surface area contributed by atoms with Crippen LogP contribution in [-0.2, 0) is 9.47 Å². The zero-order chi connectivity index (χ0) is 26.0. The normalized spacial score (nSPS) is 50.7. The topological polar surface area (TPSA) is 18.5 Å². The van der Waals surface area contributed by atoms with Crippen LogP contribution in [0.4, 0.5) is 0 Å². The van der Waals surface area contributed by atoms with Crippen molar-refractivity contribution < 1.29 is 9.47 Å². The third-order valence-corrected chi connectivity index (χ3v) is 13.9. The van der Waals surface area contributed by atoms with Gasteiger partial charge in [-0.05, 0) is 122 Å². The van der Waals surface area contributed by atoms with Crippen LogP contribution in [0.2, 0.25) is 0 Å². The fraction of sp³-hybridized carbons (Fsp3) is 1.00. The molecule has 4 saturated carbocycles. The summed E-state index contributed by atoms with van der Waals surface area (Å²) in [5.74, 6) is 3.50. The molecule has 2 nitrogen and oxygen atoms in total. The summed E-state index contributed by atoms with van der Waals surface area (Å²) < 4.78 is 12.6. The van der Waals surface area contributed by atoms with E-state index in [2.05, 4.69) is 55.4 Å². The molecule has 0 amide bonds. The first-order chi connectivity index (χ1) is 16.9. The molecular weight excluding hydrogens is 440 g/mol. The first kappa shape index (κ1) is 27.5. The molecular formula is C34H60O2. The molecule has 8 atom stereocenters. The van der Waals surface area contributed by atoms with Gasteiger partial charge in [-0.1, -0.05) is 68.2 Å². The summed E-state index contributed by atoms with van der Waals surface area (Å²) in [5, 5.41) is 0. The van der Waals surface area contributed by atoms with Gasteiger partial charge < -0.3 is 9.47 Å². The minimum Gasteiger partial charge on any atom is -0.375 e. The summed E-state index contributed by atoms with van der Waals surface area (Å²) in [4.78, 5) is 0. The first-order valence-corrected chi connectivity index (χ1v) is 16.2. The zero-order valence-corrected chi connectivity index (χ0v) is 25.4. The van der Waals surface area contributed by atoms with E-state index in [4.69, 9.17) is 9.47 Å². The Hall–Kier alpha value is -0.0800. The van der Waals surface area contributed by atoms with Gasteiger partial charge in [0.05, 0.1) is 11.2 Å². The van der Waals surface area contributed by atoms with Crippen molar-refractivity contribution in [1.29, 1.82) is 0 Å². The number of fused-ring (bicyclic) bond motifs is 6. The number of hydrogen-bond acceptors (Lipinski definition) is 2. The zero-order valence-electron chi connectivity index (χ0n) is 25.4. The van der Waals surface area contributed by atoms with E-state index in [0.717, 1.165) is 36.9 Å². The van der Waals surface area contributed by atoms with E-state index >= 15 is 0 Å². The summed E-state index contributed by atoms with van der Waals surface area (Å²) in [6, 6.07) is 0. The molecule has 2 aliphatic heterocycles. The highest BCUT2D eigenvalue weighted by Gasteiger charge is 2.62. The smallest absolute Gasteiger partial charge is 0.0714 e. The molecule has 0 aromatic carbocycles. The molecule has 36 heavy (non-hydrogen) atoms. The Kier molecular flexibility index (Phi) is 7.06. The monoisotopic (exact) mass is 500 g/mol. The average Bonchev–Trinajstić information content (AvgIpc) is 3.45. The lowest BCUT2D eigenvalue weighted by atomic mass is 9.45. The van der Waals surface area contributed by atoms with Crippen LogP contribution in [0.1, 0.15) is 145 Å². The lowest BCUT2D eigenvalue weighted by Gasteiger charge is -2.60. The molecule has 2 saturated heterocycles. The molecule has 0 aromatic heterocycles. The van der Waals surface area contributed by atoms with Crippen molar-refractivity contribution in [2.75, 3.05) is 13.2 Å². The van der Waals surface area contributed by atoms with E-state index in [1.807, 2.05) is 0 Å². The molecule has 6 rings (SSSR count). The quantitative estimate of drug-likeness (QED) is 0.376. The standard InChI is InChI=1S/2C17H30O/c2*1-5-17-11-7-13-15(2,3)9-6-10-16(13,4)14(17)8-12-18-17/h2*13-14H,5-12H2,1-4H3/t13-,14-,16+,17+;13-,14-,16-,17+/m00/s1. The van der Waals surface area contributed by atoms with Crippen LogP contribution in [0.25, 0.3) is 0 Å². The van der Waals surface area contributed by atoms with Crippen molar-refractivity contribution >= 4 is 0 Å². The Bertz CT molecular complexity index is 735. The molecule has 0 bridgehead atoms. The molecule has 208 valence electrons. The molecule has 6 fully saturated rings. The second kappa shape index (κ2) is 9.25. The molecule has 0 N–H and O–H groups in total. The van der Waals surface area contributed by atoms with Crippen molar-refractivity contribution in [2.24, 2.45) is 45.3 Å². The maximum absolute atomic E-state index is 6.28. The lowest BCUT2D eigenvalue weighted by molar-refractivity contribution is -0.156. The van der Waals surface area contributed by atoms with E-state index in [9.17, 15) is 0 Å². The van der Waals surface area contributed by atoms with Crippen molar-refractivity contribution in [3.05, 3.63) is 0 Å². The molecule has 0 aromatic rings. The third kappa shape index (κ3) is 4.00. The van der Waals surface area contributed by atoms with Crippen molar-refractivity contribution in [2.45, 2.75) is 156 Å². The second-order valence-electron chi connectivity index (χ2n) is 16.1. The Morgan fingerprint density at radius 1 is 0.500 bits per heavy atom. The minimum atomic E-state index is 0.249. The second-order valence-corrected chi connectivity index (χ2v) is 16.1. The van der Waals surface area contributed by atoms with Crippen LogP contribution in [-0.4, -0.2) is 24.4 Å². The Labute approximate surface area is 224 Å². The summed E-state index contributed by atoms with van der Waals surface area (Å²) in [7, 11) is 0. The van der Waals surface area contributed by atoms with E-state index in [-0.39, 0.29) is 11.2 Å². The van der Waals surface area contributed by atoms with Gasteiger partial charge in [0.15, 0.2) is 0 Å². The Balaban J connectivity index is 0.000000148. The van der Waals surface area contributed by atoms with E-state index < -0.39 is 0 Å². The van der Waals surface area contributed by atoms with Gasteiger partial charge in [0.1, 0.15) is 0 Å². The van der Waals surface area contributed by atoms with Gasteiger partial charge in [-0.2, -0.15) is 0 Å². The molecule has 0 spiro atoms. The number of ether oxygens (including phenoxy) is 2. The Morgan fingerprint density at radius 3 is 1.25 bits per heavy atom. The minimum absolute atomic E-state index is 0.249. The molecule has 2 heterocycles. The van der Waals surface area contributed by atoms with Crippen molar-refractivity contribution in [3.8, 4) is 0 Å². The van der Waals surface area contributed by atoms with Crippen molar-refractivity contribution in [3.63, 3.8) is 0 Å². The van der Waals surface area contributed by atoms with Crippen LogP contribution in [0.15, 0.2) is 0 Å². The fourth-order valence-electron chi connectivity index (χ4n) is 12.3. The lowest BCUT2D eigenvalue weighted by Crippen LogP contribution is -2.56. The van der Waals surface area contributed by atoms with Gasteiger partial charge in [-0.15, -0.1) is 0 Å².